The van der Waals surface area contributed by atoms with Gasteiger partial charge in [-0.1, -0.05) is 0 Å². The van der Waals surface area contributed by atoms with Gasteiger partial charge in [-0.05, 0) is 0 Å². The molecule has 0 N–H and O–H groups in total. The predicted molar refractivity (Wildman–Crippen MR) is 120 cm³/mol. The minimum atomic E-state index is -2.30. The first-order valence-corrected chi connectivity index (χ1v) is 10.9. The molecule has 3 aromatic carbocycles. The van der Waals surface area contributed by atoms with Crippen molar-refractivity contribution in [3.8, 4) is 0 Å². The molecule has 0 fully saturated rings. The molecule has 0 saturated heterocycles. The van der Waals surface area contributed by atoms with Crippen molar-refractivity contribution in [3.05, 3.63) is 127 Å². The summed E-state index contributed by atoms with van der Waals surface area (Å²) < 4.78 is 0. The van der Waals surface area contributed by atoms with Crippen LogP contribution in [0, 0.1) is 0 Å². The maximum absolute atomic E-state index is 3.79. The van der Waals surface area contributed by atoms with Gasteiger partial charge < -0.3 is 0 Å². The van der Waals surface area contributed by atoms with Gasteiger partial charge in [0.15, 0.2) is 0 Å². The molecule has 0 spiro atoms. The normalized spacial score (nSPS) is 12.9. The third-order valence-electron chi connectivity index (χ3n) is 4.81. The zero-order chi connectivity index (χ0) is 18.2. The van der Waals surface area contributed by atoms with Gasteiger partial charge in [0.2, 0.25) is 0 Å². The van der Waals surface area contributed by atoms with Crippen molar-refractivity contribution in [3.63, 3.8) is 0 Å². The van der Waals surface area contributed by atoms with Crippen LogP contribution in [0.1, 0.15) is 6.92 Å². The summed E-state index contributed by atoms with van der Waals surface area (Å²) in [5.74, 6) is 0. The molecule has 3 rings (SSSR count). The van der Waals surface area contributed by atoms with Crippen LogP contribution in [-0.4, -0.2) is 0 Å². The molecule has 0 aliphatic heterocycles. The van der Waals surface area contributed by atoms with Crippen molar-refractivity contribution in [1.82, 2.24) is 0 Å². The first-order chi connectivity index (χ1) is 12.8. The van der Waals surface area contributed by atoms with E-state index in [1.165, 1.54) is 21.2 Å². The van der Waals surface area contributed by atoms with Crippen molar-refractivity contribution in [2.24, 2.45) is 0 Å². The molecule has 0 aliphatic carbocycles. The van der Waals surface area contributed by atoms with Crippen LogP contribution in [0.15, 0.2) is 127 Å². The van der Waals surface area contributed by atoms with E-state index >= 15 is 0 Å². The van der Waals surface area contributed by atoms with Crippen molar-refractivity contribution >= 4 is 23.2 Å². The summed E-state index contributed by atoms with van der Waals surface area (Å²) in [7, 11) is -2.30. The second-order valence-corrected chi connectivity index (χ2v) is 10.3. The van der Waals surface area contributed by atoms with E-state index in [0.29, 0.717) is 0 Å². The monoisotopic (exact) mass is 356 g/mol. The van der Waals surface area contributed by atoms with Crippen LogP contribution in [-0.2, 0) is 0 Å². The van der Waals surface area contributed by atoms with Crippen molar-refractivity contribution in [1.29, 1.82) is 0 Å². The summed E-state index contributed by atoms with van der Waals surface area (Å²) in [6, 6.07) is 32.8. The summed E-state index contributed by atoms with van der Waals surface area (Å²) in [5, 5.41) is 5.61. The van der Waals surface area contributed by atoms with E-state index < -0.39 is 7.26 Å². The molecule has 0 unspecified atom stereocenters. The zero-order valence-electron chi connectivity index (χ0n) is 15.2. The number of hydrogen-bond donors (Lipinski definition) is 0. The molecule has 0 atom stereocenters. The summed E-state index contributed by atoms with van der Waals surface area (Å²) in [6.07, 6.45) is 8.16. The summed E-state index contributed by atoms with van der Waals surface area (Å²) in [6.45, 7) is 6.06. The van der Waals surface area contributed by atoms with Crippen molar-refractivity contribution < 1.29 is 0 Å². The van der Waals surface area contributed by atoms with E-state index in [1.54, 1.807) is 0 Å². The quantitative estimate of drug-likeness (QED) is 0.412. The molecule has 0 nitrogen and oxygen atoms in total. The van der Waals surface area contributed by atoms with E-state index in [-0.39, 0.29) is 0 Å². The predicted octanol–water partition coefficient (Wildman–Crippen LogP) is 5.36. The SMILES string of the molecule is C=C/C=C\C=C(/C)[PH](c1ccccc1)(c1ccccc1)c1ccccc1. The molecule has 0 aromatic heterocycles. The van der Waals surface area contributed by atoms with Gasteiger partial charge in [-0.3, -0.25) is 0 Å². The van der Waals surface area contributed by atoms with Crippen LogP contribution >= 0.6 is 7.26 Å². The van der Waals surface area contributed by atoms with Crippen molar-refractivity contribution in [2.45, 2.75) is 6.92 Å². The summed E-state index contributed by atoms with van der Waals surface area (Å²) >= 11 is 0. The van der Waals surface area contributed by atoms with Gasteiger partial charge in [-0.25, -0.2) is 0 Å². The molecule has 3 aromatic rings. The molecule has 0 radical (unpaired) electrons. The van der Waals surface area contributed by atoms with Gasteiger partial charge in [0.05, 0.1) is 0 Å². The van der Waals surface area contributed by atoms with Crippen LogP contribution in [0.2, 0.25) is 0 Å². The van der Waals surface area contributed by atoms with Crippen LogP contribution in [0.25, 0.3) is 0 Å². The number of rotatable bonds is 6. The Morgan fingerprint density at radius 1 is 0.654 bits per heavy atom. The Balaban J connectivity index is 2.37. The Morgan fingerprint density at radius 3 is 1.38 bits per heavy atom. The minimum absolute atomic E-state index is 1.40. The van der Waals surface area contributed by atoms with Gasteiger partial charge in [0.1, 0.15) is 0 Å². The molecule has 0 amide bonds. The summed E-state index contributed by atoms with van der Waals surface area (Å²) in [4.78, 5) is 0. The third-order valence-corrected chi connectivity index (χ3v) is 9.75. The number of benzene rings is 3. The molecule has 0 bridgehead atoms. The topological polar surface area (TPSA) is 0 Å². The Morgan fingerprint density at radius 2 is 1.04 bits per heavy atom. The Bertz CT molecular complexity index is 794. The van der Waals surface area contributed by atoms with E-state index in [0.717, 1.165) is 0 Å². The molecular weight excluding hydrogens is 331 g/mol. The third kappa shape index (κ3) is 3.47. The van der Waals surface area contributed by atoms with Gasteiger partial charge in [0.25, 0.3) is 0 Å². The second-order valence-electron chi connectivity index (χ2n) is 6.32. The van der Waals surface area contributed by atoms with E-state index in [4.69, 9.17) is 0 Å². The Labute approximate surface area is 157 Å². The standard InChI is InChI=1S/C25H25P/c1-3-4-8-15-22(2)26(23-16-9-5-10-17-23,24-18-11-6-12-19-24)25-20-13-7-14-21-25/h3-21,26H,1H2,2H3/b8-4-,22-15+. The average Bonchev–Trinajstić information content (AvgIpc) is 2.71. The van der Waals surface area contributed by atoms with E-state index in [1.807, 2.05) is 12.2 Å². The maximum atomic E-state index is 3.79. The second kappa shape index (κ2) is 8.61. The fourth-order valence-electron chi connectivity index (χ4n) is 3.65. The van der Waals surface area contributed by atoms with Crippen LogP contribution in [0.3, 0.4) is 0 Å². The van der Waals surface area contributed by atoms with Gasteiger partial charge >= 0.3 is 157 Å². The van der Waals surface area contributed by atoms with Crippen LogP contribution < -0.4 is 15.9 Å². The fraction of sp³-hybridized carbons (Fsp3) is 0.0400. The zero-order valence-corrected chi connectivity index (χ0v) is 16.2. The Hall–Kier alpha value is -2.69. The van der Waals surface area contributed by atoms with Gasteiger partial charge in [0, 0.05) is 0 Å². The molecule has 1 heteroatoms. The number of allylic oxidation sites excluding steroid dienone is 5. The molecule has 0 heterocycles. The van der Waals surface area contributed by atoms with E-state index in [9.17, 15) is 0 Å². The average molecular weight is 356 g/mol. The molecule has 130 valence electrons. The number of hydrogen-bond acceptors (Lipinski definition) is 0. The molecule has 0 saturated carbocycles. The van der Waals surface area contributed by atoms with Gasteiger partial charge in [-0.2, -0.15) is 0 Å². The van der Waals surface area contributed by atoms with Gasteiger partial charge in [-0.15, -0.1) is 0 Å². The summed E-state index contributed by atoms with van der Waals surface area (Å²) in [5.41, 5.74) is 0. The molecule has 0 aliphatic rings. The molecule has 26 heavy (non-hydrogen) atoms. The molecular formula is C25H25P. The van der Waals surface area contributed by atoms with Crippen LogP contribution in [0.5, 0.6) is 0 Å². The Kier molecular flexibility index (Phi) is 6.00. The van der Waals surface area contributed by atoms with E-state index in [2.05, 4.69) is 117 Å². The fourth-order valence-corrected chi connectivity index (χ4v) is 8.44. The van der Waals surface area contributed by atoms with Crippen LogP contribution in [0.4, 0.5) is 0 Å². The first-order valence-electron chi connectivity index (χ1n) is 8.93. The van der Waals surface area contributed by atoms with Crippen molar-refractivity contribution in [2.75, 3.05) is 0 Å². The first kappa shape index (κ1) is 18.1.